The summed E-state index contributed by atoms with van der Waals surface area (Å²) in [4.78, 5) is 4.36. The molecule has 1 fully saturated rings. The molecule has 2 aliphatic carbocycles. The fourth-order valence-corrected chi connectivity index (χ4v) is 3.44. The molecule has 1 spiro atoms. The van der Waals surface area contributed by atoms with E-state index >= 15 is 0 Å². The standard InChI is InChI=1S/C18H16N2O2S/c19-23(21,22)14-6-7-17(20-12-14)16-11-18(8-9-18)10-15(16)13-4-2-1-3-5-13/h1-7,10-12H,8-9H2,(H2,19,21,22). The lowest BCUT2D eigenvalue weighted by Crippen LogP contribution is -2.12. The molecule has 1 aromatic carbocycles. The van der Waals surface area contributed by atoms with Gasteiger partial charge in [-0.25, -0.2) is 13.6 Å². The van der Waals surface area contributed by atoms with Gasteiger partial charge in [0, 0.05) is 17.2 Å². The molecule has 4 nitrogen and oxygen atoms in total. The Hall–Kier alpha value is -2.24. The van der Waals surface area contributed by atoms with Crippen LogP contribution in [-0.4, -0.2) is 13.4 Å². The fourth-order valence-electron chi connectivity index (χ4n) is 2.98. The van der Waals surface area contributed by atoms with Crippen molar-refractivity contribution in [1.29, 1.82) is 0 Å². The Morgan fingerprint density at radius 1 is 0.957 bits per heavy atom. The van der Waals surface area contributed by atoms with Gasteiger partial charge in [0.25, 0.3) is 0 Å². The molecule has 0 saturated heterocycles. The molecule has 116 valence electrons. The molecule has 0 aliphatic heterocycles. The van der Waals surface area contributed by atoms with E-state index in [1.807, 2.05) is 18.2 Å². The molecule has 2 N–H and O–H groups in total. The normalized spacial score (nSPS) is 18.7. The van der Waals surface area contributed by atoms with E-state index in [0.717, 1.165) is 29.7 Å². The summed E-state index contributed by atoms with van der Waals surface area (Å²) in [5, 5.41) is 5.14. The minimum Gasteiger partial charge on any atom is -0.255 e. The van der Waals surface area contributed by atoms with Crippen molar-refractivity contribution in [1.82, 2.24) is 4.98 Å². The topological polar surface area (TPSA) is 73.1 Å². The quantitative estimate of drug-likeness (QED) is 0.943. The molecule has 1 aromatic heterocycles. The lowest BCUT2D eigenvalue weighted by atomic mass is 9.98. The van der Waals surface area contributed by atoms with Crippen LogP contribution < -0.4 is 5.14 Å². The lowest BCUT2D eigenvalue weighted by Gasteiger charge is -2.09. The highest BCUT2D eigenvalue weighted by molar-refractivity contribution is 7.89. The average molecular weight is 324 g/mol. The van der Waals surface area contributed by atoms with Crippen LogP contribution in [0.1, 0.15) is 24.1 Å². The number of rotatable bonds is 3. The zero-order valence-electron chi connectivity index (χ0n) is 12.4. The third-order valence-electron chi connectivity index (χ3n) is 4.41. The number of allylic oxidation sites excluding steroid dienone is 4. The van der Waals surface area contributed by atoms with E-state index in [0.29, 0.717) is 0 Å². The molecule has 0 atom stereocenters. The van der Waals surface area contributed by atoms with Gasteiger partial charge >= 0.3 is 0 Å². The van der Waals surface area contributed by atoms with Crippen molar-refractivity contribution < 1.29 is 8.42 Å². The lowest BCUT2D eigenvalue weighted by molar-refractivity contribution is 0.597. The maximum Gasteiger partial charge on any atom is 0.239 e. The Balaban J connectivity index is 1.77. The number of sulfonamides is 1. The summed E-state index contributed by atoms with van der Waals surface area (Å²) in [7, 11) is -3.72. The summed E-state index contributed by atoms with van der Waals surface area (Å²) in [6, 6.07) is 13.4. The molecule has 1 saturated carbocycles. The maximum absolute atomic E-state index is 11.4. The predicted octanol–water partition coefficient (Wildman–Crippen LogP) is 2.99. The molecular weight excluding hydrogens is 308 g/mol. The van der Waals surface area contributed by atoms with E-state index in [1.165, 1.54) is 17.8 Å². The first kappa shape index (κ1) is 14.4. The second-order valence-electron chi connectivity index (χ2n) is 6.14. The number of nitrogens with two attached hydrogens (primary N) is 1. The van der Waals surface area contributed by atoms with Gasteiger partial charge in [-0.1, -0.05) is 42.5 Å². The first-order valence-corrected chi connectivity index (χ1v) is 9.02. The van der Waals surface area contributed by atoms with Gasteiger partial charge < -0.3 is 0 Å². The van der Waals surface area contributed by atoms with Crippen molar-refractivity contribution in [3.8, 4) is 0 Å². The minimum atomic E-state index is -3.72. The van der Waals surface area contributed by atoms with Gasteiger partial charge in [0.2, 0.25) is 10.0 Å². The van der Waals surface area contributed by atoms with Crippen LogP contribution in [0.5, 0.6) is 0 Å². The number of nitrogens with zero attached hydrogens (tertiary/aromatic N) is 1. The summed E-state index contributed by atoms with van der Waals surface area (Å²) in [6.07, 6.45) is 8.21. The van der Waals surface area contributed by atoms with Crippen molar-refractivity contribution >= 4 is 21.2 Å². The van der Waals surface area contributed by atoms with E-state index in [9.17, 15) is 8.42 Å². The maximum atomic E-state index is 11.4. The third kappa shape index (κ3) is 2.62. The SMILES string of the molecule is NS(=O)(=O)c1ccc(C2=CC3(C=C2c2ccccc2)CC3)nc1. The molecule has 2 aliphatic rings. The molecule has 0 bridgehead atoms. The Morgan fingerprint density at radius 2 is 1.65 bits per heavy atom. The van der Waals surface area contributed by atoms with Crippen LogP contribution in [0.2, 0.25) is 0 Å². The van der Waals surface area contributed by atoms with Crippen LogP contribution in [-0.2, 0) is 10.0 Å². The van der Waals surface area contributed by atoms with Gasteiger partial charge in [-0.3, -0.25) is 4.98 Å². The molecule has 2 aromatic rings. The highest BCUT2D eigenvalue weighted by Crippen LogP contribution is 2.57. The minimum absolute atomic E-state index is 0.0335. The Morgan fingerprint density at radius 3 is 2.22 bits per heavy atom. The largest absolute Gasteiger partial charge is 0.255 e. The first-order chi connectivity index (χ1) is 11.0. The van der Waals surface area contributed by atoms with Crippen LogP contribution >= 0.6 is 0 Å². The van der Waals surface area contributed by atoms with Gasteiger partial charge in [-0.2, -0.15) is 0 Å². The monoisotopic (exact) mass is 324 g/mol. The molecule has 0 amide bonds. The van der Waals surface area contributed by atoms with Crippen LogP contribution in [0.3, 0.4) is 0 Å². The summed E-state index contributed by atoms with van der Waals surface area (Å²) in [5.74, 6) is 0. The van der Waals surface area contributed by atoms with E-state index < -0.39 is 10.0 Å². The number of benzene rings is 1. The van der Waals surface area contributed by atoms with Crippen LogP contribution in [0, 0.1) is 5.41 Å². The van der Waals surface area contributed by atoms with Gasteiger partial charge in [0.1, 0.15) is 4.90 Å². The third-order valence-corrected chi connectivity index (χ3v) is 5.31. The van der Waals surface area contributed by atoms with Gasteiger partial charge in [-0.15, -0.1) is 0 Å². The van der Waals surface area contributed by atoms with Crippen molar-refractivity contribution in [3.63, 3.8) is 0 Å². The number of primary sulfonamides is 1. The Labute approximate surface area is 135 Å². The van der Waals surface area contributed by atoms with Gasteiger partial charge in [0.15, 0.2) is 0 Å². The van der Waals surface area contributed by atoms with Crippen molar-refractivity contribution in [2.45, 2.75) is 17.7 Å². The number of pyridine rings is 1. The molecule has 0 unspecified atom stereocenters. The summed E-state index contributed by atoms with van der Waals surface area (Å²) >= 11 is 0. The smallest absolute Gasteiger partial charge is 0.239 e. The highest BCUT2D eigenvalue weighted by atomic mass is 32.2. The van der Waals surface area contributed by atoms with E-state index in [4.69, 9.17) is 5.14 Å². The average Bonchev–Trinajstić information content (AvgIpc) is 3.18. The van der Waals surface area contributed by atoms with Crippen LogP contribution in [0.4, 0.5) is 0 Å². The second kappa shape index (κ2) is 4.88. The van der Waals surface area contributed by atoms with Crippen LogP contribution in [0.15, 0.2) is 65.7 Å². The van der Waals surface area contributed by atoms with E-state index in [1.54, 1.807) is 6.07 Å². The van der Waals surface area contributed by atoms with Crippen molar-refractivity contribution in [2.75, 3.05) is 0 Å². The molecule has 4 rings (SSSR count). The molecular formula is C18H16N2O2S. The van der Waals surface area contributed by atoms with Gasteiger partial charge in [-0.05, 0) is 36.1 Å². The van der Waals surface area contributed by atoms with E-state index in [2.05, 4.69) is 29.3 Å². The molecule has 1 heterocycles. The summed E-state index contributed by atoms with van der Waals surface area (Å²) in [5.41, 5.74) is 4.32. The van der Waals surface area contributed by atoms with Gasteiger partial charge in [0.05, 0.1) is 5.69 Å². The Bertz CT molecular complexity index is 923. The zero-order valence-corrected chi connectivity index (χ0v) is 13.3. The van der Waals surface area contributed by atoms with E-state index in [-0.39, 0.29) is 10.3 Å². The second-order valence-corrected chi connectivity index (χ2v) is 7.70. The summed E-state index contributed by atoms with van der Waals surface area (Å²) in [6.45, 7) is 0. The number of hydrogen-bond donors (Lipinski definition) is 1. The fraction of sp³-hybridized carbons (Fsp3) is 0.167. The zero-order chi connectivity index (χ0) is 16.1. The van der Waals surface area contributed by atoms with Crippen LogP contribution in [0.25, 0.3) is 11.1 Å². The summed E-state index contributed by atoms with van der Waals surface area (Å²) < 4.78 is 22.8. The first-order valence-electron chi connectivity index (χ1n) is 7.48. The highest BCUT2D eigenvalue weighted by Gasteiger charge is 2.43. The molecule has 0 radical (unpaired) electrons. The van der Waals surface area contributed by atoms with Crippen molar-refractivity contribution in [2.24, 2.45) is 10.6 Å². The Kier molecular flexibility index (Phi) is 3.04. The molecule has 5 heteroatoms. The number of aromatic nitrogens is 1. The molecule has 23 heavy (non-hydrogen) atoms. The predicted molar refractivity (Wildman–Crippen MR) is 89.7 cm³/mol. The van der Waals surface area contributed by atoms with Crippen molar-refractivity contribution in [3.05, 3.63) is 72.1 Å². The number of hydrogen-bond acceptors (Lipinski definition) is 3.